The predicted octanol–water partition coefficient (Wildman–Crippen LogP) is 2.58. The molecule has 1 saturated heterocycles. The third kappa shape index (κ3) is 4.54. The van der Waals surface area contributed by atoms with E-state index in [2.05, 4.69) is 37.1 Å². The monoisotopic (exact) mass is 481 g/mol. The first-order valence-electron chi connectivity index (χ1n) is 11.0. The number of sulfonamides is 1. The molecule has 0 atom stereocenters. The van der Waals surface area contributed by atoms with Crippen molar-refractivity contribution in [2.75, 3.05) is 42.2 Å². The molecule has 1 aromatic carbocycles. The lowest BCUT2D eigenvalue weighted by Gasteiger charge is -2.28. The number of piperidine rings is 1. The van der Waals surface area contributed by atoms with E-state index in [0.29, 0.717) is 34.3 Å². The van der Waals surface area contributed by atoms with Crippen molar-refractivity contribution < 1.29 is 8.42 Å². The number of nitrogens with two attached hydrogens (primary N) is 1. The van der Waals surface area contributed by atoms with Crippen LogP contribution in [0.4, 0.5) is 23.1 Å². The van der Waals surface area contributed by atoms with E-state index in [1.54, 1.807) is 18.2 Å². The Kier molecular flexibility index (Phi) is 5.62. The van der Waals surface area contributed by atoms with E-state index >= 15 is 0 Å². The lowest BCUT2D eigenvalue weighted by atomic mass is 10.1. The Bertz CT molecular complexity index is 1440. The van der Waals surface area contributed by atoms with Crippen LogP contribution in [-0.4, -0.2) is 64.0 Å². The highest BCUT2D eigenvalue weighted by Gasteiger charge is 2.20. The van der Waals surface area contributed by atoms with Crippen molar-refractivity contribution in [1.29, 1.82) is 0 Å². The molecule has 12 heteroatoms. The van der Waals surface area contributed by atoms with Crippen molar-refractivity contribution in [3.8, 4) is 5.69 Å². The molecule has 4 heterocycles. The summed E-state index contributed by atoms with van der Waals surface area (Å²) >= 11 is 0. The summed E-state index contributed by atoms with van der Waals surface area (Å²) in [5, 5.41) is 7.87. The first-order chi connectivity index (χ1) is 16.3. The van der Waals surface area contributed by atoms with Crippen LogP contribution in [0.5, 0.6) is 0 Å². The molecule has 1 aliphatic heterocycles. The molecule has 11 nitrogen and oxygen atoms in total. The highest BCUT2D eigenvalue weighted by molar-refractivity contribution is 7.92. The van der Waals surface area contributed by atoms with Gasteiger partial charge in [-0.05, 0) is 51.2 Å². The van der Waals surface area contributed by atoms with Gasteiger partial charge in [0.15, 0.2) is 5.82 Å². The number of rotatable bonds is 6. The molecule has 0 saturated carbocycles. The Labute approximate surface area is 197 Å². The fourth-order valence-corrected chi connectivity index (χ4v) is 4.86. The minimum Gasteiger partial charge on any atom is -0.368 e. The van der Waals surface area contributed by atoms with Crippen molar-refractivity contribution in [2.24, 2.45) is 0 Å². The second kappa shape index (κ2) is 8.61. The Morgan fingerprint density at radius 2 is 1.82 bits per heavy atom. The van der Waals surface area contributed by atoms with Gasteiger partial charge in [-0.25, -0.2) is 13.4 Å². The van der Waals surface area contributed by atoms with Gasteiger partial charge >= 0.3 is 0 Å². The van der Waals surface area contributed by atoms with Crippen LogP contribution < -0.4 is 15.8 Å². The fraction of sp³-hybridized carbons (Fsp3) is 0.318. The number of nitrogens with one attached hydrogen (secondary N) is 2. The second-order valence-electron chi connectivity index (χ2n) is 8.61. The number of nitrogen functional groups attached to an aromatic ring is 1. The van der Waals surface area contributed by atoms with Crippen LogP contribution in [0.2, 0.25) is 0 Å². The maximum Gasteiger partial charge on any atom is 0.229 e. The van der Waals surface area contributed by atoms with Gasteiger partial charge in [0.05, 0.1) is 41.1 Å². The van der Waals surface area contributed by atoms with Crippen LogP contribution in [-0.2, 0) is 10.0 Å². The summed E-state index contributed by atoms with van der Waals surface area (Å²) in [6.45, 7) is 2.10. The van der Waals surface area contributed by atoms with Gasteiger partial charge in [-0.3, -0.25) is 9.40 Å². The smallest absolute Gasteiger partial charge is 0.229 e. The van der Waals surface area contributed by atoms with Crippen LogP contribution in [0.25, 0.3) is 16.7 Å². The number of benzene rings is 1. The van der Waals surface area contributed by atoms with Crippen LogP contribution in [0, 0.1) is 0 Å². The minimum absolute atomic E-state index is 0.114. The fourth-order valence-electron chi connectivity index (χ4n) is 4.29. The molecule has 4 aromatic rings. The van der Waals surface area contributed by atoms with Crippen LogP contribution >= 0.6 is 0 Å². The average Bonchev–Trinajstić information content (AvgIpc) is 3.42. The van der Waals surface area contributed by atoms with Gasteiger partial charge in [-0.2, -0.15) is 10.1 Å². The number of fused-ring (bicyclic) bond motifs is 1. The number of hydrogen-bond acceptors (Lipinski definition) is 8. The van der Waals surface area contributed by atoms with Crippen molar-refractivity contribution in [1.82, 2.24) is 29.2 Å². The zero-order valence-corrected chi connectivity index (χ0v) is 19.8. The molecule has 0 bridgehead atoms. The van der Waals surface area contributed by atoms with E-state index in [1.165, 1.54) is 0 Å². The number of aromatic nitrogens is 5. The molecular formula is C22H27N9O2S. The van der Waals surface area contributed by atoms with Gasteiger partial charge in [-0.1, -0.05) is 12.1 Å². The Balaban J connectivity index is 1.53. The van der Waals surface area contributed by atoms with E-state index in [9.17, 15) is 8.42 Å². The molecule has 0 unspecified atom stereocenters. The Morgan fingerprint density at radius 3 is 2.56 bits per heavy atom. The van der Waals surface area contributed by atoms with Gasteiger partial charge in [-0.15, -0.1) is 0 Å². The zero-order valence-electron chi connectivity index (χ0n) is 19.0. The van der Waals surface area contributed by atoms with E-state index in [4.69, 9.17) is 5.73 Å². The summed E-state index contributed by atoms with van der Waals surface area (Å²) in [5.74, 6) is 0.575. The van der Waals surface area contributed by atoms with Gasteiger partial charge in [0, 0.05) is 12.4 Å². The molecule has 1 aliphatic rings. The van der Waals surface area contributed by atoms with Crippen LogP contribution in [0.3, 0.4) is 0 Å². The summed E-state index contributed by atoms with van der Waals surface area (Å²) in [7, 11) is -1.32. The quantitative estimate of drug-likeness (QED) is 0.382. The topological polar surface area (TPSA) is 136 Å². The summed E-state index contributed by atoms with van der Waals surface area (Å²) in [6.07, 6.45) is 8.99. The number of para-hydroxylation sites is 2. The van der Waals surface area contributed by atoms with Crippen LogP contribution in [0.15, 0.2) is 48.9 Å². The highest BCUT2D eigenvalue weighted by atomic mass is 32.2. The van der Waals surface area contributed by atoms with Gasteiger partial charge in [0.25, 0.3) is 0 Å². The molecule has 0 amide bonds. The summed E-state index contributed by atoms with van der Waals surface area (Å²) in [6, 6.07) is 9.24. The van der Waals surface area contributed by atoms with Crippen LogP contribution in [0.1, 0.15) is 18.9 Å². The van der Waals surface area contributed by atoms with Gasteiger partial charge in [0.1, 0.15) is 5.52 Å². The molecule has 0 radical (unpaired) electrons. The maximum atomic E-state index is 11.8. The number of nitrogens with zero attached hydrogens (tertiary/aromatic N) is 6. The third-order valence-electron chi connectivity index (χ3n) is 5.95. The lowest BCUT2D eigenvalue weighted by Crippen LogP contribution is -2.31. The number of anilines is 4. The third-order valence-corrected chi connectivity index (χ3v) is 6.55. The molecule has 3 aromatic heterocycles. The predicted molar refractivity (Wildman–Crippen MR) is 133 cm³/mol. The van der Waals surface area contributed by atoms with Crippen molar-refractivity contribution in [3.63, 3.8) is 0 Å². The Hall–Kier alpha value is -3.64. The van der Waals surface area contributed by atoms with E-state index in [-0.39, 0.29) is 5.95 Å². The normalized spacial score (nSPS) is 15.6. The standard InChI is InChI=1S/C22H27N9O2S/c1-29-10-7-15(8-11-29)31-14-16(13-24-31)30-12-9-19-20(30)21(27-22(23)26-19)25-17-5-3-4-6-18(17)28-34(2,32)33/h3-6,9,12-15,28H,7-8,10-11H2,1-2H3,(H3,23,25,26,27). The summed E-state index contributed by atoms with van der Waals surface area (Å²) in [4.78, 5) is 11.1. The van der Waals surface area contributed by atoms with Crippen molar-refractivity contribution in [3.05, 3.63) is 48.9 Å². The second-order valence-corrected chi connectivity index (χ2v) is 10.4. The average molecular weight is 482 g/mol. The SMILES string of the molecule is CN1CCC(n2cc(-n3ccc4nc(N)nc(Nc5ccccc5NS(C)(=O)=O)c43)cn2)CC1. The Morgan fingerprint density at radius 1 is 1.09 bits per heavy atom. The van der Waals surface area contributed by atoms with Gasteiger partial charge < -0.3 is 20.5 Å². The van der Waals surface area contributed by atoms with Crippen molar-refractivity contribution >= 4 is 44.2 Å². The molecule has 1 fully saturated rings. The summed E-state index contributed by atoms with van der Waals surface area (Å²) in [5.41, 5.74) is 9.18. The van der Waals surface area contributed by atoms with E-state index < -0.39 is 10.0 Å². The molecule has 178 valence electrons. The molecule has 0 aliphatic carbocycles. The molecule has 4 N–H and O–H groups in total. The molecule has 5 rings (SSSR count). The molecule has 34 heavy (non-hydrogen) atoms. The number of likely N-dealkylation sites (tertiary alicyclic amines) is 1. The maximum absolute atomic E-state index is 11.8. The highest BCUT2D eigenvalue weighted by Crippen LogP contribution is 2.32. The van der Waals surface area contributed by atoms with Crippen molar-refractivity contribution in [2.45, 2.75) is 18.9 Å². The molecule has 0 spiro atoms. The van der Waals surface area contributed by atoms with E-state index in [1.807, 2.05) is 40.0 Å². The molecular weight excluding hydrogens is 454 g/mol. The van der Waals surface area contributed by atoms with Gasteiger partial charge in [0.2, 0.25) is 16.0 Å². The lowest BCUT2D eigenvalue weighted by molar-refractivity contribution is 0.212. The number of hydrogen-bond donors (Lipinski definition) is 3. The zero-order chi connectivity index (χ0) is 23.9. The first kappa shape index (κ1) is 22.2. The largest absolute Gasteiger partial charge is 0.368 e. The minimum atomic E-state index is -3.46. The first-order valence-corrected chi connectivity index (χ1v) is 12.9. The summed E-state index contributed by atoms with van der Waals surface area (Å²) < 4.78 is 30.2. The van der Waals surface area contributed by atoms with E-state index in [0.717, 1.165) is 37.9 Å².